The molecule has 0 spiro atoms. The van der Waals surface area contributed by atoms with E-state index >= 15 is 0 Å². The van der Waals surface area contributed by atoms with Crippen LogP contribution >= 0.6 is 0 Å². The molecule has 0 saturated carbocycles. The number of piperidine rings is 1. The first kappa shape index (κ1) is 28.9. The average molecular weight is 565 g/mol. The molecule has 0 atom stereocenters. The second-order valence-corrected chi connectivity index (χ2v) is 11.0. The van der Waals surface area contributed by atoms with E-state index in [4.69, 9.17) is 5.73 Å². The third kappa shape index (κ3) is 6.48. The number of halogens is 1. The molecule has 1 aromatic heterocycles. The van der Waals surface area contributed by atoms with Crippen molar-refractivity contribution in [1.82, 2.24) is 15.2 Å². The number of nitrogens with one attached hydrogen (secondary N) is 3. The molecule has 8 heteroatoms. The van der Waals surface area contributed by atoms with Crippen LogP contribution in [0.4, 0.5) is 10.1 Å². The summed E-state index contributed by atoms with van der Waals surface area (Å²) < 4.78 is 13.9. The zero-order valence-electron chi connectivity index (χ0n) is 24.1. The van der Waals surface area contributed by atoms with E-state index in [0.717, 1.165) is 67.9 Å². The molecule has 5 rings (SSSR count). The van der Waals surface area contributed by atoms with Crippen LogP contribution < -0.4 is 16.4 Å². The number of rotatable bonds is 10. The minimum Gasteiger partial charge on any atom is -0.397 e. The van der Waals surface area contributed by atoms with Crippen molar-refractivity contribution in [2.45, 2.75) is 26.7 Å². The van der Waals surface area contributed by atoms with Crippen LogP contribution in [0.2, 0.25) is 0 Å². The van der Waals surface area contributed by atoms with E-state index < -0.39 is 0 Å². The van der Waals surface area contributed by atoms with Gasteiger partial charge in [0.15, 0.2) is 5.78 Å². The Morgan fingerprint density at radius 2 is 1.93 bits per heavy atom. The topological polar surface area (TPSA) is 110 Å². The molecule has 3 aromatic carbocycles. The van der Waals surface area contributed by atoms with E-state index in [9.17, 15) is 14.4 Å². The van der Waals surface area contributed by atoms with E-state index in [1.165, 1.54) is 19.1 Å². The lowest BCUT2D eigenvalue weighted by Gasteiger charge is -2.32. The molecule has 216 valence electrons. The monoisotopic (exact) mass is 564 g/mol. The Morgan fingerprint density at radius 1 is 1.17 bits per heavy atom. The first-order chi connectivity index (χ1) is 20.3. The number of hydrogen-bond donors (Lipinski definition) is 4. The highest BCUT2D eigenvalue weighted by Crippen LogP contribution is 2.29. The number of nitrogens with zero attached hydrogens (tertiary/aromatic N) is 2. The summed E-state index contributed by atoms with van der Waals surface area (Å²) in [6, 6.07) is 20.8. The number of anilines is 1. The summed E-state index contributed by atoms with van der Waals surface area (Å²) in [7, 11) is 0. The number of carbonyl (C=O) groups is 1. The molecule has 1 saturated heterocycles. The summed E-state index contributed by atoms with van der Waals surface area (Å²) in [5, 5.41) is 16.9. The van der Waals surface area contributed by atoms with Crippen LogP contribution in [-0.4, -0.2) is 48.4 Å². The van der Waals surface area contributed by atoms with Gasteiger partial charge >= 0.3 is 0 Å². The molecule has 4 aromatic rings. The number of nitriles is 1. The zero-order valence-corrected chi connectivity index (χ0v) is 24.1. The third-order valence-electron chi connectivity index (χ3n) is 8.10. The number of carbonyl (C=O) groups excluding carboxylic acids is 1. The number of aryl methyl sites for hydroxylation is 1. The van der Waals surface area contributed by atoms with Crippen molar-refractivity contribution in [2.75, 3.05) is 38.0 Å². The van der Waals surface area contributed by atoms with Gasteiger partial charge in [-0.15, -0.1) is 0 Å². The number of Topliss-reactive ketones (excluding diaryl/α,β-unsaturated/α-hetero) is 1. The van der Waals surface area contributed by atoms with Crippen LogP contribution in [0.25, 0.3) is 27.7 Å². The fourth-order valence-corrected chi connectivity index (χ4v) is 5.81. The number of fused-ring (bicyclic) bond motifs is 1. The Kier molecular flexibility index (Phi) is 8.89. The molecular weight excluding hydrogens is 527 g/mol. The SMILES string of the molecule is CC(=O)c1[nH]c2ccc(F)cc2c1/C(N)=C/NCC1CCN(CCNc2ccc(-c3c(C)cccc3C#N)cc2)CC1. The van der Waals surface area contributed by atoms with Crippen molar-refractivity contribution in [3.05, 3.63) is 95.1 Å². The summed E-state index contributed by atoms with van der Waals surface area (Å²) >= 11 is 0. The highest BCUT2D eigenvalue weighted by Gasteiger charge is 2.20. The molecule has 1 fully saturated rings. The minimum absolute atomic E-state index is 0.145. The largest absolute Gasteiger partial charge is 0.397 e. The van der Waals surface area contributed by atoms with Gasteiger partial charge in [-0.25, -0.2) is 4.39 Å². The van der Waals surface area contributed by atoms with Crippen molar-refractivity contribution >= 4 is 28.1 Å². The predicted molar refractivity (Wildman–Crippen MR) is 167 cm³/mol. The van der Waals surface area contributed by atoms with Crippen LogP contribution in [-0.2, 0) is 0 Å². The first-order valence-corrected chi connectivity index (χ1v) is 14.4. The number of nitrogens with two attached hydrogens (primary N) is 1. The van der Waals surface area contributed by atoms with Crippen LogP contribution in [0.15, 0.2) is 66.9 Å². The number of hydrogen-bond acceptors (Lipinski definition) is 6. The fourth-order valence-electron chi connectivity index (χ4n) is 5.81. The number of H-pyrrole nitrogens is 1. The summed E-state index contributed by atoms with van der Waals surface area (Å²) in [5.41, 5.74) is 13.3. The zero-order chi connectivity index (χ0) is 29.6. The highest BCUT2D eigenvalue weighted by atomic mass is 19.1. The molecule has 0 aliphatic carbocycles. The van der Waals surface area contributed by atoms with Crippen LogP contribution in [0.3, 0.4) is 0 Å². The van der Waals surface area contributed by atoms with Gasteiger partial charge < -0.3 is 26.3 Å². The summed E-state index contributed by atoms with van der Waals surface area (Å²) in [6.45, 7) is 8.20. The molecule has 0 radical (unpaired) electrons. The minimum atomic E-state index is -0.369. The van der Waals surface area contributed by atoms with Gasteiger partial charge in [0.2, 0.25) is 0 Å². The van der Waals surface area contributed by atoms with Gasteiger partial charge in [0.25, 0.3) is 0 Å². The number of ketones is 1. The molecule has 0 unspecified atom stereocenters. The van der Waals surface area contributed by atoms with Crippen molar-refractivity contribution in [3.63, 3.8) is 0 Å². The van der Waals surface area contributed by atoms with E-state index in [-0.39, 0.29) is 11.6 Å². The summed E-state index contributed by atoms with van der Waals surface area (Å²) in [4.78, 5) is 17.7. The van der Waals surface area contributed by atoms with Crippen LogP contribution in [0.1, 0.15) is 46.9 Å². The number of likely N-dealkylation sites (tertiary alicyclic amines) is 1. The number of benzene rings is 3. The Balaban J connectivity index is 1.08. The maximum Gasteiger partial charge on any atom is 0.176 e. The Morgan fingerprint density at radius 3 is 2.64 bits per heavy atom. The van der Waals surface area contributed by atoms with Gasteiger partial charge in [-0.1, -0.05) is 24.3 Å². The van der Waals surface area contributed by atoms with Gasteiger partial charge in [0.05, 0.1) is 23.0 Å². The van der Waals surface area contributed by atoms with Crippen molar-refractivity contribution < 1.29 is 9.18 Å². The number of aromatic amines is 1. The standard InChI is InChI=1S/C34H37FN6O/c1-22-4-3-5-26(19-36)32(22)25-6-9-28(10-7-25)39-14-17-41-15-12-24(13-16-41)20-38-21-30(37)33-29-18-27(35)8-11-31(29)40-34(33)23(2)42/h3-11,18,21,24,38-40H,12-17,20,37H2,1-2H3/b30-21-. The van der Waals surface area contributed by atoms with Crippen LogP contribution in [0, 0.1) is 30.0 Å². The number of aromatic nitrogens is 1. The normalized spacial score (nSPS) is 14.6. The molecule has 42 heavy (non-hydrogen) atoms. The lowest BCUT2D eigenvalue weighted by atomic mass is 9.95. The average Bonchev–Trinajstić information content (AvgIpc) is 3.37. The first-order valence-electron chi connectivity index (χ1n) is 14.4. The molecule has 1 aliphatic heterocycles. The van der Waals surface area contributed by atoms with Gasteiger partial charge in [-0.2, -0.15) is 5.26 Å². The predicted octanol–water partition coefficient (Wildman–Crippen LogP) is 6.03. The second kappa shape index (κ2) is 12.9. The Labute approximate surface area is 246 Å². The van der Waals surface area contributed by atoms with Gasteiger partial charge in [0.1, 0.15) is 5.82 Å². The Hall–Kier alpha value is -4.61. The van der Waals surface area contributed by atoms with Gasteiger partial charge in [-0.05, 0) is 86.3 Å². The van der Waals surface area contributed by atoms with E-state index in [2.05, 4.69) is 50.9 Å². The summed E-state index contributed by atoms with van der Waals surface area (Å²) in [5.74, 6) is 0.0123. The molecule has 7 nitrogen and oxygen atoms in total. The lowest BCUT2D eigenvalue weighted by Crippen LogP contribution is -2.39. The quantitative estimate of drug-likeness (QED) is 0.175. The Bertz CT molecular complexity index is 1640. The van der Waals surface area contributed by atoms with Crippen LogP contribution in [0.5, 0.6) is 0 Å². The van der Waals surface area contributed by atoms with E-state index in [1.807, 2.05) is 25.1 Å². The molecule has 5 N–H and O–H groups in total. The van der Waals surface area contributed by atoms with Gasteiger partial charge in [-0.3, -0.25) is 4.79 Å². The van der Waals surface area contributed by atoms with E-state index in [0.29, 0.717) is 39.3 Å². The second-order valence-electron chi connectivity index (χ2n) is 11.0. The summed E-state index contributed by atoms with van der Waals surface area (Å²) in [6.07, 6.45) is 3.91. The third-order valence-corrected chi connectivity index (χ3v) is 8.10. The smallest absolute Gasteiger partial charge is 0.176 e. The van der Waals surface area contributed by atoms with Crippen molar-refractivity contribution in [2.24, 2.45) is 11.7 Å². The fraction of sp³-hybridized carbons (Fsp3) is 0.294. The van der Waals surface area contributed by atoms with Crippen molar-refractivity contribution in [3.8, 4) is 17.2 Å². The molecule has 1 aliphatic rings. The lowest BCUT2D eigenvalue weighted by molar-refractivity contribution is 0.101. The van der Waals surface area contributed by atoms with E-state index in [1.54, 1.807) is 12.3 Å². The molecule has 0 bridgehead atoms. The maximum absolute atomic E-state index is 13.9. The maximum atomic E-state index is 13.9. The molecule has 0 amide bonds. The van der Waals surface area contributed by atoms with Gasteiger partial charge in [0, 0.05) is 60.5 Å². The molecular formula is C34H37FN6O. The van der Waals surface area contributed by atoms with Crippen molar-refractivity contribution in [1.29, 1.82) is 5.26 Å². The molecule has 2 heterocycles. The highest BCUT2D eigenvalue weighted by molar-refractivity contribution is 6.06.